The zero-order valence-electron chi connectivity index (χ0n) is 11.5. The summed E-state index contributed by atoms with van der Waals surface area (Å²) >= 11 is 3.57. The van der Waals surface area contributed by atoms with Gasteiger partial charge in [-0.25, -0.2) is 4.98 Å². The van der Waals surface area contributed by atoms with Crippen LogP contribution in [-0.4, -0.2) is 16.2 Å². The minimum Gasteiger partial charge on any atom is -0.493 e. The van der Waals surface area contributed by atoms with Crippen LogP contribution in [0, 0.1) is 0 Å². The number of nitrogens with one attached hydrogen (secondary N) is 1. The summed E-state index contributed by atoms with van der Waals surface area (Å²) in [4.78, 5) is 4.18. The Balaban J connectivity index is 1.67. The van der Waals surface area contributed by atoms with Crippen LogP contribution in [-0.2, 0) is 26.1 Å². The smallest absolute Gasteiger partial charge is 0.127 e. The first-order chi connectivity index (χ1) is 9.78. The third-order valence-corrected chi connectivity index (χ3v) is 4.04. The van der Waals surface area contributed by atoms with Crippen LogP contribution in [0.5, 0.6) is 5.75 Å². The first-order valence-electron chi connectivity index (χ1n) is 6.91. The largest absolute Gasteiger partial charge is 0.493 e. The van der Waals surface area contributed by atoms with Crippen LogP contribution in [0.1, 0.15) is 23.7 Å². The van der Waals surface area contributed by atoms with Gasteiger partial charge in [-0.1, -0.05) is 15.9 Å². The molecular formula is C15H18BrN3O. The highest BCUT2D eigenvalue weighted by atomic mass is 79.9. The first-order valence-corrected chi connectivity index (χ1v) is 7.71. The average molecular weight is 336 g/mol. The molecule has 20 heavy (non-hydrogen) atoms. The van der Waals surface area contributed by atoms with Crippen molar-refractivity contribution in [2.24, 2.45) is 0 Å². The predicted octanol–water partition coefficient (Wildman–Crippen LogP) is 2.89. The lowest BCUT2D eigenvalue weighted by Crippen LogP contribution is -2.16. The van der Waals surface area contributed by atoms with Gasteiger partial charge in [-0.2, -0.15) is 0 Å². The van der Waals surface area contributed by atoms with E-state index >= 15 is 0 Å². The molecule has 0 aliphatic carbocycles. The van der Waals surface area contributed by atoms with E-state index in [4.69, 9.17) is 4.74 Å². The van der Waals surface area contributed by atoms with Crippen molar-refractivity contribution < 1.29 is 4.74 Å². The lowest BCUT2D eigenvalue weighted by molar-refractivity contribution is 0.352. The van der Waals surface area contributed by atoms with Crippen molar-refractivity contribution in [3.8, 4) is 5.75 Å². The molecule has 0 spiro atoms. The topological polar surface area (TPSA) is 39.1 Å². The maximum Gasteiger partial charge on any atom is 0.127 e. The van der Waals surface area contributed by atoms with Gasteiger partial charge < -0.3 is 14.6 Å². The summed E-state index contributed by atoms with van der Waals surface area (Å²) in [5.74, 6) is 1.06. The van der Waals surface area contributed by atoms with Gasteiger partial charge in [0, 0.05) is 42.3 Å². The molecule has 2 heterocycles. The summed E-state index contributed by atoms with van der Waals surface area (Å²) in [6.07, 6.45) is 4.79. The lowest BCUT2D eigenvalue weighted by Gasteiger charge is -2.11. The van der Waals surface area contributed by atoms with Gasteiger partial charge in [-0.05, 0) is 24.6 Å². The van der Waals surface area contributed by atoms with Gasteiger partial charge in [-0.15, -0.1) is 0 Å². The molecule has 1 aliphatic heterocycles. The molecule has 0 saturated heterocycles. The number of fused-ring (bicyclic) bond motifs is 1. The number of rotatable bonds is 5. The van der Waals surface area contributed by atoms with Gasteiger partial charge in [0.25, 0.3) is 0 Å². The number of ether oxygens (including phenoxy) is 1. The summed E-state index contributed by atoms with van der Waals surface area (Å²) in [5, 5.41) is 3.47. The second-order valence-corrected chi connectivity index (χ2v) is 5.84. The molecular weight excluding hydrogens is 318 g/mol. The number of imidazole rings is 1. The Morgan fingerprint density at radius 2 is 2.30 bits per heavy atom. The van der Waals surface area contributed by atoms with E-state index in [1.54, 1.807) is 0 Å². The monoisotopic (exact) mass is 335 g/mol. The van der Waals surface area contributed by atoms with Crippen molar-refractivity contribution in [1.82, 2.24) is 14.9 Å². The summed E-state index contributed by atoms with van der Waals surface area (Å²) in [6, 6.07) is 4.28. The molecule has 0 fully saturated rings. The van der Waals surface area contributed by atoms with Gasteiger partial charge in [0.2, 0.25) is 0 Å². The van der Waals surface area contributed by atoms with E-state index in [0.29, 0.717) is 0 Å². The summed E-state index contributed by atoms with van der Waals surface area (Å²) < 4.78 is 9.01. The van der Waals surface area contributed by atoms with E-state index in [-0.39, 0.29) is 0 Å². The highest BCUT2D eigenvalue weighted by Gasteiger charge is 2.17. The maximum atomic E-state index is 5.74. The van der Waals surface area contributed by atoms with Crippen LogP contribution in [0.15, 0.2) is 29.1 Å². The number of nitrogens with zero attached hydrogens (tertiary/aromatic N) is 2. The fourth-order valence-electron chi connectivity index (χ4n) is 2.58. The fraction of sp³-hybridized carbons (Fsp3) is 0.400. The highest BCUT2D eigenvalue weighted by molar-refractivity contribution is 9.10. The molecule has 1 aromatic carbocycles. The highest BCUT2D eigenvalue weighted by Crippen LogP contribution is 2.32. The molecule has 0 bridgehead atoms. The zero-order chi connectivity index (χ0) is 13.9. The lowest BCUT2D eigenvalue weighted by atomic mass is 10.1. The van der Waals surface area contributed by atoms with Crippen molar-refractivity contribution in [1.29, 1.82) is 0 Å². The van der Waals surface area contributed by atoms with Crippen molar-refractivity contribution in [3.63, 3.8) is 0 Å². The van der Waals surface area contributed by atoms with Gasteiger partial charge in [0.1, 0.15) is 5.75 Å². The van der Waals surface area contributed by atoms with Crippen molar-refractivity contribution in [2.45, 2.75) is 33.0 Å². The Hall–Kier alpha value is -1.33. The molecule has 2 aromatic rings. The van der Waals surface area contributed by atoms with Gasteiger partial charge in [0.15, 0.2) is 0 Å². The second-order valence-electron chi connectivity index (χ2n) is 4.93. The van der Waals surface area contributed by atoms with Crippen molar-refractivity contribution in [2.75, 3.05) is 6.61 Å². The number of aromatic nitrogens is 2. The Labute approximate surface area is 127 Å². The maximum absolute atomic E-state index is 5.74. The van der Waals surface area contributed by atoms with E-state index in [0.717, 1.165) is 42.9 Å². The predicted molar refractivity (Wildman–Crippen MR) is 81.8 cm³/mol. The van der Waals surface area contributed by atoms with Gasteiger partial charge >= 0.3 is 0 Å². The van der Waals surface area contributed by atoms with Crippen molar-refractivity contribution >= 4 is 15.9 Å². The zero-order valence-corrected chi connectivity index (χ0v) is 13.1. The Kier molecular flexibility index (Phi) is 4.08. The number of hydrogen-bond donors (Lipinski definition) is 1. The molecule has 0 unspecified atom stereocenters. The Bertz CT molecular complexity index is 609. The second kappa shape index (κ2) is 5.97. The molecule has 106 valence electrons. The van der Waals surface area contributed by atoms with Crippen LogP contribution in [0.25, 0.3) is 0 Å². The molecule has 1 N–H and O–H groups in total. The van der Waals surface area contributed by atoms with Crippen LogP contribution in [0.2, 0.25) is 0 Å². The number of aryl methyl sites for hydroxylation is 1. The molecule has 0 atom stereocenters. The minimum atomic E-state index is 0.793. The summed E-state index contributed by atoms with van der Waals surface area (Å²) in [5.41, 5.74) is 3.73. The van der Waals surface area contributed by atoms with Crippen molar-refractivity contribution in [3.05, 3.63) is 46.0 Å². The van der Waals surface area contributed by atoms with Gasteiger partial charge in [0.05, 0.1) is 18.6 Å². The van der Waals surface area contributed by atoms with E-state index in [9.17, 15) is 0 Å². The number of benzene rings is 1. The Morgan fingerprint density at radius 1 is 1.40 bits per heavy atom. The average Bonchev–Trinajstić information content (AvgIpc) is 3.06. The third kappa shape index (κ3) is 2.74. The number of halogens is 1. The quantitative estimate of drug-likeness (QED) is 0.913. The summed E-state index contributed by atoms with van der Waals surface area (Å²) in [6.45, 7) is 5.49. The molecule has 0 radical (unpaired) electrons. The first kappa shape index (κ1) is 13.6. The van der Waals surface area contributed by atoms with Crippen LogP contribution < -0.4 is 10.1 Å². The van der Waals surface area contributed by atoms with Crippen LogP contribution in [0.3, 0.4) is 0 Å². The van der Waals surface area contributed by atoms with E-state index < -0.39 is 0 Å². The normalized spacial score (nSPS) is 13.3. The fourth-order valence-corrected chi connectivity index (χ4v) is 3.14. The van der Waals surface area contributed by atoms with E-state index in [1.165, 1.54) is 16.8 Å². The van der Waals surface area contributed by atoms with E-state index in [1.807, 2.05) is 12.5 Å². The SMILES string of the molecule is CCn1cncc1CNCc1cc(Br)cc2c1OCC2. The van der Waals surface area contributed by atoms with Gasteiger partial charge in [-0.3, -0.25) is 0 Å². The summed E-state index contributed by atoms with van der Waals surface area (Å²) in [7, 11) is 0. The molecule has 1 aromatic heterocycles. The molecule has 4 nitrogen and oxygen atoms in total. The third-order valence-electron chi connectivity index (χ3n) is 3.59. The van der Waals surface area contributed by atoms with Crippen LogP contribution >= 0.6 is 15.9 Å². The molecule has 0 amide bonds. The molecule has 1 aliphatic rings. The minimum absolute atomic E-state index is 0.793. The molecule has 3 rings (SSSR count). The molecule has 0 saturated carbocycles. The van der Waals surface area contributed by atoms with Crippen LogP contribution in [0.4, 0.5) is 0 Å². The van der Waals surface area contributed by atoms with E-state index in [2.05, 4.69) is 49.9 Å². The molecule has 5 heteroatoms. The standard InChI is InChI=1S/C15H18BrN3O/c1-2-19-10-18-9-14(19)8-17-7-12-6-13(16)5-11-3-4-20-15(11)12/h5-6,9-10,17H,2-4,7-8H2,1H3. The number of hydrogen-bond acceptors (Lipinski definition) is 3. The Morgan fingerprint density at radius 3 is 3.15 bits per heavy atom.